The highest BCUT2D eigenvalue weighted by molar-refractivity contribution is 6.00. The second-order valence-electron chi connectivity index (χ2n) is 6.76. The van der Waals surface area contributed by atoms with Crippen molar-refractivity contribution < 1.29 is 4.79 Å². The van der Waals surface area contributed by atoms with Crippen molar-refractivity contribution >= 4 is 17.3 Å². The molecule has 0 saturated heterocycles. The summed E-state index contributed by atoms with van der Waals surface area (Å²) in [7, 11) is 3.88. The van der Waals surface area contributed by atoms with Crippen molar-refractivity contribution in [2.75, 3.05) is 24.7 Å². The molecule has 1 aromatic rings. The average Bonchev–Trinajstić information content (AvgIpc) is 2.36. The van der Waals surface area contributed by atoms with Crippen LogP contribution < -0.4 is 16.0 Å². The second-order valence-corrected chi connectivity index (χ2v) is 6.76. The Labute approximate surface area is 127 Å². The Kier molecular flexibility index (Phi) is 4.76. The van der Waals surface area contributed by atoms with E-state index in [0.29, 0.717) is 23.1 Å². The lowest BCUT2D eigenvalue weighted by atomic mass is 9.80. The lowest BCUT2D eigenvalue weighted by molar-refractivity contribution is 0.0912. The molecule has 4 heteroatoms. The lowest BCUT2D eigenvalue weighted by Gasteiger charge is -2.32. The molecule has 3 N–H and O–H groups in total. The molecule has 1 fully saturated rings. The van der Waals surface area contributed by atoms with Crippen molar-refractivity contribution in [2.45, 2.75) is 39.2 Å². The van der Waals surface area contributed by atoms with E-state index in [4.69, 9.17) is 5.73 Å². The van der Waals surface area contributed by atoms with Crippen molar-refractivity contribution in [3.63, 3.8) is 0 Å². The summed E-state index contributed by atoms with van der Waals surface area (Å²) in [5.41, 5.74) is 8.03. The minimum atomic E-state index is -0.0164. The van der Waals surface area contributed by atoms with Crippen LogP contribution >= 0.6 is 0 Å². The van der Waals surface area contributed by atoms with Gasteiger partial charge in [0.05, 0.1) is 5.56 Å². The monoisotopic (exact) mass is 289 g/mol. The van der Waals surface area contributed by atoms with Crippen LogP contribution in [0, 0.1) is 11.8 Å². The molecule has 4 nitrogen and oxygen atoms in total. The van der Waals surface area contributed by atoms with Crippen LogP contribution in [0.3, 0.4) is 0 Å². The maximum absolute atomic E-state index is 12.6. The molecule has 116 valence electrons. The van der Waals surface area contributed by atoms with Gasteiger partial charge in [0.2, 0.25) is 0 Å². The van der Waals surface area contributed by atoms with Crippen molar-refractivity contribution in [3.05, 3.63) is 23.8 Å². The number of nitrogens with one attached hydrogen (secondary N) is 1. The van der Waals surface area contributed by atoms with Gasteiger partial charge in [-0.25, -0.2) is 0 Å². The third kappa shape index (κ3) is 3.90. The minimum absolute atomic E-state index is 0.0164. The summed E-state index contributed by atoms with van der Waals surface area (Å²) in [5.74, 6) is 1.33. The maximum atomic E-state index is 12.6. The molecule has 1 aromatic carbocycles. The van der Waals surface area contributed by atoms with Crippen molar-refractivity contribution in [2.24, 2.45) is 11.8 Å². The molecule has 2 rings (SSSR count). The molecule has 0 aliphatic heterocycles. The van der Waals surface area contributed by atoms with E-state index in [-0.39, 0.29) is 11.9 Å². The number of nitrogens with zero attached hydrogens (tertiary/aromatic N) is 1. The molecule has 1 aliphatic rings. The molecule has 1 amide bonds. The number of carbonyl (C=O) groups excluding carboxylic acids is 1. The minimum Gasteiger partial charge on any atom is -0.399 e. The molecular weight excluding hydrogens is 262 g/mol. The van der Waals surface area contributed by atoms with E-state index in [0.717, 1.165) is 18.5 Å². The number of rotatable bonds is 3. The number of hydrogen-bond acceptors (Lipinski definition) is 3. The number of benzene rings is 1. The summed E-state index contributed by atoms with van der Waals surface area (Å²) in [6.07, 6.45) is 3.39. The summed E-state index contributed by atoms with van der Waals surface area (Å²) in [6.45, 7) is 4.53. The van der Waals surface area contributed by atoms with Gasteiger partial charge in [-0.15, -0.1) is 0 Å². The highest BCUT2D eigenvalue weighted by Gasteiger charge is 2.26. The first-order valence-electron chi connectivity index (χ1n) is 7.74. The van der Waals surface area contributed by atoms with Gasteiger partial charge in [0.25, 0.3) is 5.91 Å². The van der Waals surface area contributed by atoms with Crippen LogP contribution in [-0.2, 0) is 0 Å². The van der Waals surface area contributed by atoms with Gasteiger partial charge in [0.15, 0.2) is 0 Å². The molecule has 0 aromatic heterocycles. The summed E-state index contributed by atoms with van der Waals surface area (Å²) in [6, 6.07) is 5.76. The van der Waals surface area contributed by atoms with Gasteiger partial charge < -0.3 is 16.0 Å². The predicted molar refractivity (Wildman–Crippen MR) is 88.6 cm³/mol. The van der Waals surface area contributed by atoms with Gasteiger partial charge in [-0.05, 0) is 49.3 Å². The van der Waals surface area contributed by atoms with Crippen molar-refractivity contribution in [3.8, 4) is 0 Å². The Balaban J connectivity index is 2.15. The largest absolute Gasteiger partial charge is 0.399 e. The van der Waals surface area contributed by atoms with Gasteiger partial charge in [-0.2, -0.15) is 0 Å². The lowest BCUT2D eigenvalue weighted by Crippen LogP contribution is -2.40. The quantitative estimate of drug-likeness (QED) is 0.841. The van der Waals surface area contributed by atoms with E-state index in [9.17, 15) is 4.79 Å². The summed E-state index contributed by atoms with van der Waals surface area (Å²) in [4.78, 5) is 14.6. The van der Waals surface area contributed by atoms with Crippen molar-refractivity contribution in [1.82, 2.24) is 5.32 Å². The zero-order valence-electron chi connectivity index (χ0n) is 13.5. The average molecular weight is 289 g/mol. The molecule has 1 aliphatic carbocycles. The molecule has 2 unspecified atom stereocenters. The fourth-order valence-corrected chi connectivity index (χ4v) is 3.45. The zero-order chi connectivity index (χ0) is 15.6. The van der Waals surface area contributed by atoms with Gasteiger partial charge >= 0.3 is 0 Å². The van der Waals surface area contributed by atoms with Crippen LogP contribution in [0.1, 0.15) is 43.5 Å². The molecular formula is C17H27N3O. The van der Waals surface area contributed by atoms with Gasteiger partial charge in [-0.1, -0.05) is 13.8 Å². The Morgan fingerprint density at radius 3 is 2.38 bits per heavy atom. The first-order chi connectivity index (χ1) is 9.86. The highest BCUT2D eigenvalue weighted by atomic mass is 16.1. The first kappa shape index (κ1) is 15.7. The molecule has 2 atom stereocenters. The Morgan fingerprint density at radius 2 is 1.81 bits per heavy atom. The predicted octanol–water partition coefficient (Wildman–Crippen LogP) is 2.89. The summed E-state index contributed by atoms with van der Waals surface area (Å²) < 4.78 is 0. The molecule has 1 saturated carbocycles. The fraction of sp³-hybridized carbons (Fsp3) is 0.588. The fourth-order valence-electron chi connectivity index (χ4n) is 3.45. The standard InChI is InChI=1S/C17H27N3O/c1-11-7-12(2)9-14(8-11)19-17(21)15-10-13(18)5-6-16(15)20(3)4/h5-6,10-12,14H,7-9,18H2,1-4H3,(H,19,21). The molecule has 21 heavy (non-hydrogen) atoms. The van der Waals surface area contributed by atoms with Crippen LogP contribution in [0.5, 0.6) is 0 Å². The normalized spacial score (nSPS) is 25.4. The maximum Gasteiger partial charge on any atom is 0.253 e. The highest BCUT2D eigenvalue weighted by Crippen LogP contribution is 2.29. The third-order valence-corrected chi connectivity index (χ3v) is 4.26. The van der Waals surface area contributed by atoms with Crippen LogP contribution in [0.2, 0.25) is 0 Å². The number of hydrogen-bond donors (Lipinski definition) is 2. The Hall–Kier alpha value is -1.71. The van der Waals surface area contributed by atoms with Crippen LogP contribution in [0.4, 0.5) is 11.4 Å². The van der Waals surface area contributed by atoms with E-state index in [1.165, 1.54) is 6.42 Å². The van der Waals surface area contributed by atoms with E-state index in [2.05, 4.69) is 19.2 Å². The summed E-state index contributed by atoms with van der Waals surface area (Å²) in [5, 5.41) is 3.20. The van der Waals surface area contributed by atoms with Crippen molar-refractivity contribution in [1.29, 1.82) is 0 Å². The van der Waals surface area contributed by atoms with E-state index in [1.54, 1.807) is 6.07 Å². The second kappa shape index (κ2) is 6.37. The number of anilines is 2. The third-order valence-electron chi connectivity index (χ3n) is 4.26. The number of carbonyl (C=O) groups is 1. The topological polar surface area (TPSA) is 58.4 Å². The van der Waals surface area contributed by atoms with Crippen LogP contribution in [0.15, 0.2) is 18.2 Å². The Morgan fingerprint density at radius 1 is 1.19 bits per heavy atom. The van der Waals surface area contributed by atoms with Crippen LogP contribution in [0.25, 0.3) is 0 Å². The SMILES string of the molecule is CC1CC(C)CC(NC(=O)c2cc(N)ccc2N(C)C)C1. The zero-order valence-corrected chi connectivity index (χ0v) is 13.5. The molecule has 0 bridgehead atoms. The molecule has 0 heterocycles. The Bertz CT molecular complexity index is 503. The number of nitrogen functional groups attached to an aromatic ring is 1. The number of nitrogens with two attached hydrogens (primary N) is 1. The first-order valence-corrected chi connectivity index (χ1v) is 7.74. The smallest absolute Gasteiger partial charge is 0.253 e. The van der Waals surface area contributed by atoms with Gasteiger partial charge in [0, 0.05) is 31.5 Å². The molecule has 0 radical (unpaired) electrons. The van der Waals surface area contributed by atoms with E-state index < -0.39 is 0 Å². The van der Waals surface area contributed by atoms with E-state index >= 15 is 0 Å². The van der Waals surface area contributed by atoms with Gasteiger partial charge in [-0.3, -0.25) is 4.79 Å². The van der Waals surface area contributed by atoms with E-state index in [1.807, 2.05) is 31.1 Å². The van der Waals surface area contributed by atoms with Crippen LogP contribution in [-0.4, -0.2) is 26.0 Å². The molecule has 0 spiro atoms. The van der Waals surface area contributed by atoms with Gasteiger partial charge in [0.1, 0.15) is 0 Å². The number of amides is 1. The summed E-state index contributed by atoms with van der Waals surface area (Å²) >= 11 is 0.